The molecule has 2 N–H and O–H groups in total. The van der Waals surface area contributed by atoms with Crippen molar-refractivity contribution >= 4 is 28.5 Å². The molecule has 0 bridgehead atoms. The number of benzene rings is 1. The van der Waals surface area contributed by atoms with Gasteiger partial charge >= 0.3 is 5.97 Å². The Morgan fingerprint density at radius 3 is 3.00 bits per heavy atom. The number of halogens is 1. The monoisotopic (exact) mass is 251 g/mol. The van der Waals surface area contributed by atoms with Crippen LogP contribution in [0.2, 0.25) is 5.02 Å². The van der Waals surface area contributed by atoms with Gasteiger partial charge in [0.2, 0.25) is 0 Å². The molecule has 0 saturated carbocycles. The van der Waals surface area contributed by atoms with Crippen LogP contribution in [0.1, 0.15) is 31.2 Å². The Morgan fingerprint density at radius 2 is 2.29 bits per heavy atom. The lowest BCUT2D eigenvalue weighted by Crippen LogP contribution is -1.99. The van der Waals surface area contributed by atoms with Crippen molar-refractivity contribution in [2.24, 2.45) is 0 Å². The molecule has 4 heteroatoms. The second kappa shape index (κ2) is 4.80. The molecule has 17 heavy (non-hydrogen) atoms. The summed E-state index contributed by atoms with van der Waals surface area (Å²) in [7, 11) is 0. The molecular formula is C13H14ClNO2. The maximum absolute atomic E-state index is 10.6. The van der Waals surface area contributed by atoms with Crippen LogP contribution < -0.4 is 0 Å². The van der Waals surface area contributed by atoms with Crippen molar-refractivity contribution in [1.29, 1.82) is 0 Å². The minimum atomic E-state index is -0.755. The number of carbonyl (C=O) groups is 1. The summed E-state index contributed by atoms with van der Waals surface area (Å²) in [5.74, 6) is -0.548. The zero-order valence-electron chi connectivity index (χ0n) is 9.53. The average molecular weight is 252 g/mol. The molecule has 2 rings (SSSR count). The van der Waals surface area contributed by atoms with E-state index in [2.05, 4.69) is 4.98 Å². The fourth-order valence-corrected chi connectivity index (χ4v) is 2.27. The third-order valence-electron chi connectivity index (χ3n) is 3.02. The fourth-order valence-electron chi connectivity index (χ4n) is 2.04. The number of carboxylic acids is 1. The smallest absolute Gasteiger partial charge is 0.303 e. The number of nitrogens with one attached hydrogen (secondary N) is 1. The highest BCUT2D eigenvalue weighted by Gasteiger charge is 2.13. The van der Waals surface area contributed by atoms with E-state index in [1.165, 1.54) is 0 Å². The normalized spacial score (nSPS) is 12.8. The molecule has 3 nitrogen and oxygen atoms in total. The van der Waals surface area contributed by atoms with Crippen LogP contribution in [0.5, 0.6) is 0 Å². The molecule has 1 atom stereocenters. The van der Waals surface area contributed by atoms with Crippen LogP contribution in [0.15, 0.2) is 24.4 Å². The summed E-state index contributed by atoms with van der Waals surface area (Å²) >= 11 is 6.08. The van der Waals surface area contributed by atoms with Gasteiger partial charge in [0.05, 0.1) is 10.5 Å². The second-order valence-corrected chi connectivity index (χ2v) is 4.65. The van der Waals surface area contributed by atoms with Gasteiger partial charge in [-0.1, -0.05) is 30.7 Å². The van der Waals surface area contributed by atoms with Gasteiger partial charge in [0.25, 0.3) is 0 Å². The summed E-state index contributed by atoms with van der Waals surface area (Å²) in [5.41, 5.74) is 2.05. The molecule has 0 aliphatic carbocycles. The zero-order valence-corrected chi connectivity index (χ0v) is 10.3. The molecule has 0 fully saturated rings. The van der Waals surface area contributed by atoms with E-state index < -0.39 is 5.97 Å². The Bertz CT molecular complexity index is 547. The first-order chi connectivity index (χ1) is 8.09. The number of aromatic nitrogens is 1. The summed E-state index contributed by atoms with van der Waals surface area (Å²) in [6, 6.07) is 5.75. The number of hydrogen-bond donors (Lipinski definition) is 2. The molecule has 90 valence electrons. The number of aliphatic carboxylic acids is 1. The van der Waals surface area contributed by atoms with Crippen LogP contribution in [0.4, 0.5) is 0 Å². The number of rotatable bonds is 4. The summed E-state index contributed by atoms with van der Waals surface area (Å²) in [6.45, 7) is 2.03. The van der Waals surface area contributed by atoms with Crippen LogP contribution in [0.25, 0.3) is 10.9 Å². The highest BCUT2D eigenvalue weighted by atomic mass is 35.5. The Kier molecular flexibility index (Phi) is 3.38. The molecule has 0 aliphatic rings. The summed E-state index contributed by atoms with van der Waals surface area (Å²) in [4.78, 5) is 13.7. The van der Waals surface area contributed by atoms with Crippen LogP contribution in [0.3, 0.4) is 0 Å². The van der Waals surface area contributed by atoms with E-state index in [-0.39, 0.29) is 12.3 Å². The van der Waals surface area contributed by atoms with Crippen molar-refractivity contribution < 1.29 is 9.90 Å². The highest BCUT2D eigenvalue weighted by Crippen LogP contribution is 2.31. The van der Waals surface area contributed by atoms with Gasteiger partial charge in [-0.25, -0.2) is 0 Å². The molecule has 0 radical (unpaired) electrons. The zero-order chi connectivity index (χ0) is 12.4. The third kappa shape index (κ3) is 2.44. The summed E-state index contributed by atoms with van der Waals surface area (Å²) < 4.78 is 0. The van der Waals surface area contributed by atoms with Crippen molar-refractivity contribution in [2.75, 3.05) is 0 Å². The lowest BCUT2D eigenvalue weighted by atomic mass is 9.96. The van der Waals surface area contributed by atoms with E-state index in [4.69, 9.17) is 16.7 Å². The van der Waals surface area contributed by atoms with Gasteiger partial charge in [0, 0.05) is 18.0 Å². The number of carboxylic acid groups (broad SMARTS) is 1. The SMILES string of the molecule is CC(CCC(=O)O)c1c[nH]c2c(Cl)cccc12. The number of hydrogen-bond acceptors (Lipinski definition) is 1. The number of aromatic amines is 1. The standard InChI is InChI=1S/C13H14ClNO2/c1-8(5-6-12(16)17)10-7-15-13-9(10)3-2-4-11(13)14/h2-4,7-8,15H,5-6H2,1H3,(H,16,17). The average Bonchev–Trinajstić information content (AvgIpc) is 2.71. The first kappa shape index (κ1) is 12.0. The quantitative estimate of drug-likeness (QED) is 0.869. The number of para-hydroxylation sites is 1. The van der Waals surface area contributed by atoms with Crippen LogP contribution >= 0.6 is 11.6 Å². The van der Waals surface area contributed by atoms with Crippen molar-refractivity contribution in [3.8, 4) is 0 Å². The Balaban J connectivity index is 2.29. The molecule has 1 unspecified atom stereocenters. The van der Waals surface area contributed by atoms with Crippen molar-refractivity contribution in [3.05, 3.63) is 35.0 Å². The van der Waals surface area contributed by atoms with E-state index in [1.807, 2.05) is 31.3 Å². The largest absolute Gasteiger partial charge is 0.481 e. The van der Waals surface area contributed by atoms with Gasteiger partial charge in [-0.05, 0) is 24.0 Å². The second-order valence-electron chi connectivity index (χ2n) is 4.24. The first-order valence-corrected chi connectivity index (χ1v) is 5.94. The Labute approximate surface area is 104 Å². The van der Waals surface area contributed by atoms with Gasteiger partial charge < -0.3 is 10.1 Å². The maximum atomic E-state index is 10.6. The molecule has 2 aromatic rings. The van der Waals surface area contributed by atoms with Gasteiger partial charge in [-0.3, -0.25) is 4.79 Å². The van der Waals surface area contributed by atoms with Crippen LogP contribution in [0, 0.1) is 0 Å². The molecule has 0 saturated heterocycles. The molecular weight excluding hydrogens is 238 g/mol. The van der Waals surface area contributed by atoms with Crippen LogP contribution in [-0.2, 0) is 4.79 Å². The molecule has 1 heterocycles. The first-order valence-electron chi connectivity index (χ1n) is 5.57. The summed E-state index contributed by atoms with van der Waals surface area (Å²) in [6.07, 6.45) is 2.74. The van der Waals surface area contributed by atoms with Crippen LogP contribution in [-0.4, -0.2) is 16.1 Å². The predicted octanol–water partition coefficient (Wildman–Crippen LogP) is 3.79. The fraction of sp³-hybridized carbons (Fsp3) is 0.308. The molecule has 0 amide bonds. The third-order valence-corrected chi connectivity index (χ3v) is 3.33. The molecule has 1 aromatic carbocycles. The van der Waals surface area contributed by atoms with Gasteiger partial charge in [-0.15, -0.1) is 0 Å². The number of H-pyrrole nitrogens is 1. The van der Waals surface area contributed by atoms with Gasteiger partial charge in [0.15, 0.2) is 0 Å². The van der Waals surface area contributed by atoms with E-state index in [0.29, 0.717) is 11.4 Å². The maximum Gasteiger partial charge on any atom is 0.303 e. The summed E-state index contributed by atoms with van der Waals surface area (Å²) in [5, 5.41) is 10.5. The lowest BCUT2D eigenvalue weighted by Gasteiger charge is -2.08. The topological polar surface area (TPSA) is 53.1 Å². The minimum Gasteiger partial charge on any atom is -0.481 e. The highest BCUT2D eigenvalue weighted by molar-refractivity contribution is 6.35. The Morgan fingerprint density at radius 1 is 1.53 bits per heavy atom. The Hall–Kier alpha value is -1.48. The minimum absolute atomic E-state index is 0.189. The van der Waals surface area contributed by atoms with Crippen molar-refractivity contribution in [1.82, 2.24) is 4.98 Å². The van der Waals surface area contributed by atoms with Gasteiger partial charge in [0.1, 0.15) is 0 Å². The van der Waals surface area contributed by atoms with E-state index in [1.54, 1.807) is 0 Å². The molecule has 0 spiro atoms. The van der Waals surface area contributed by atoms with Crippen molar-refractivity contribution in [3.63, 3.8) is 0 Å². The van der Waals surface area contributed by atoms with Gasteiger partial charge in [-0.2, -0.15) is 0 Å². The molecule has 1 aromatic heterocycles. The van der Waals surface area contributed by atoms with E-state index >= 15 is 0 Å². The van der Waals surface area contributed by atoms with E-state index in [0.717, 1.165) is 16.5 Å². The van der Waals surface area contributed by atoms with E-state index in [9.17, 15) is 4.79 Å². The number of fused-ring (bicyclic) bond motifs is 1. The predicted molar refractivity (Wildman–Crippen MR) is 68.6 cm³/mol. The molecule has 0 aliphatic heterocycles. The lowest BCUT2D eigenvalue weighted by molar-refractivity contribution is -0.137. The van der Waals surface area contributed by atoms with Crippen molar-refractivity contribution in [2.45, 2.75) is 25.7 Å².